The standard InChI is InChI=1S/C28H27NO4S/c1-31-23-15-14-22(26(32-2)27(23)33-3)24-16-17-25(34-24)28(30)29(18-20-10-6-4-7-11-20)19-21-12-8-5-9-13-21/h4-17H,18-19H2,1-3H3. The van der Waals surface area contributed by atoms with Gasteiger partial charge in [0.15, 0.2) is 11.5 Å². The maximum Gasteiger partial charge on any atom is 0.264 e. The molecule has 0 unspecified atom stereocenters. The van der Waals surface area contributed by atoms with Gasteiger partial charge in [-0.3, -0.25) is 4.79 Å². The van der Waals surface area contributed by atoms with Crippen LogP contribution in [0.15, 0.2) is 84.9 Å². The Hall–Kier alpha value is -3.77. The highest BCUT2D eigenvalue weighted by molar-refractivity contribution is 7.17. The zero-order valence-electron chi connectivity index (χ0n) is 19.5. The van der Waals surface area contributed by atoms with Gasteiger partial charge in [0.2, 0.25) is 5.75 Å². The van der Waals surface area contributed by atoms with Gasteiger partial charge in [-0.25, -0.2) is 0 Å². The molecule has 4 rings (SSSR count). The van der Waals surface area contributed by atoms with Gasteiger partial charge in [-0.2, -0.15) is 0 Å². The van der Waals surface area contributed by atoms with Gasteiger partial charge in [-0.15, -0.1) is 11.3 Å². The number of thiophene rings is 1. The van der Waals surface area contributed by atoms with Crippen LogP contribution < -0.4 is 14.2 Å². The lowest BCUT2D eigenvalue weighted by Crippen LogP contribution is -2.29. The van der Waals surface area contributed by atoms with Gasteiger partial charge < -0.3 is 19.1 Å². The minimum Gasteiger partial charge on any atom is -0.493 e. The molecular formula is C28H27NO4S. The number of nitrogens with zero attached hydrogens (tertiary/aromatic N) is 1. The van der Waals surface area contributed by atoms with E-state index in [4.69, 9.17) is 14.2 Å². The SMILES string of the molecule is COc1ccc(-c2ccc(C(=O)N(Cc3ccccc3)Cc3ccccc3)s2)c(OC)c1OC. The van der Waals surface area contributed by atoms with E-state index in [1.807, 2.05) is 89.8 Å². The molecule has 34 heavy (non-hydrogen) atoms. The average Bonchev–Trinajstić information content (AvgIpc) is 3.38. The third-order valence-corrected chi connectivity index (χ3v) is 6.61. The molecule has 0 aliphatic carbocycles. The first-order valence-corrected chi connectivity index (χ1v) is 11.7. The molecule has 1 heterocycles. The number of benzene rings is 3. The van der Waals surface area contributed by atoms with E-state index in [-0.39, 0.29) is 5.91 Å². The molecule has 0 N–H and O–H groups in total. The largest absolute Gasteiger partial charge is 0.493 e. The van der Waals surface area contributed by atoms with Crippen LogP contribution in [-0.2, 0) is 13.1 Å². The van der Waals surface area contributed by atoms with Crippen molar-refractivity contribution in [2.75, 3.05) is 21.3 Å². The number of carbonyl (C=O) groups is 1. The van der Waals surface area contributed by atoms with Crippen molar-refractivity contribution >= 4 is 17.2 Å². The number of methoxy groups -OCH3 is 3. The predicted octanol–water partition coefficient (Wildman–Crippen LogP) is 6.28. The molecule has 6 heteroatoms. The van der Waals surface area contributed by atoms with E-state index in [0.29, 0.717) is 35.2 Å². The fourth-order valence-corrected chi connectivity index (χ4v) is 4.85. The third kappa shape index (κ3) is 5.07. The zero-order valence-corrected chi connectivity index (χ0v) is 20.3. The number of carbonyl (C=O) groups excluding carboxylic acids is 1. The van der Waals surface area contributed by atoms with Crippen molar-refractivity contribution in [1.29, 1.82) is 0 Å². The lowest BCUT2D eigenvalue weighted by Gasteiger charge is -2.22. The molecule has 3 aromatic carbocycles. The second kappa shape index (κ2) is 10.9. The van der Waals surface area contributed by atoms with Gasteiger partial charge in [0.1, 0.15) is 0 Å². The number of ether oxygens (including phenoxy) is 3. The lowest BCUT2D eigenvalue weighted by atomic mass is 10.1. The van der Waals surface area contributed by atoms with Gasteiger partial charge in [-0.1, -0.05) is 60.7 Å². The smallest absolute Gasteiger partial charge is 0.264 e. The van der Waals surface area contributed by atoms with Gasteiger partial charge in [0.05, 0.1) is 26.2 Å². The van der Waals surface area contributed by atoms with Crippen LogP contribution in [0.2, 0.25) is 0 Å². The molecule has 0 saturated heterocycles. The van der Waals surface area contributed by atoms with E-state index in [1.54, 1.807) is 21.3 Å². The summed E-state index contributed by atoms with van der Waals surface area (Å²) < 4.78 is 16.6. The summed E-state index contributed by atoms with van der Waals surface area (Å²) in [5.74, 6) is 1.68. The van der Waals surface area contributed by atoms with Crippen molar-refractivity contribution < 1.29 is 19.0 Å². The van der Waals surface area contributed by atoms with Gasteiger partial charge >= 0.3 is 0 Å². The van der Waals surface area contributed by atoms with Crippen molar-refractivity contribution in [1.82, 2.24) is 4.90 Å². The molecule has 0 spiro atoms. The first kappa shape index (κ1) is 23.4. The third-order valence-electron chi connectivity index (χ3n) is 5.51. The van der Waals surface area contributed by atoms with Crippen molar-refractivity contribution in [3.05, 3.63) is 101 Å². The minimum absolute atomic E-state index is 0.0107. The highest BCUT2D eigenvalue weighted by Crippen LogP contribution is 2.46. The van der Waals surface area contributed by atoms with E-state index in [0.717, 1.165) is 21.6 Å². The quantitative estimate of drug-likeness (QED) is 0.287. The molecule has 0 aliphatic heterocycles. The summed E-state index contributed by atoms with van der Waals surface area (Å²) in [6.45, 7) is 1.06. The molecule has 0 radical (unpaired) electrons. The van der Waals surface area contributed by atoms with Crippen LogP contribution in [0.25, 0.3) is 10.4 Å². The highest BCUT2D eigenvalue weighted by Gasteiger charge is 2.22. The van der Waals surface area contributed by atoms with Crippen LogP contribution in [0.1, 0.15) is 20.8 Å². The van der Waals surface area contributed by atoms with E-state index in [9.17, 15) is 4.79 Å². The molecule has 0 bridgehead atoms. The van der Waals surface area contributed by atoms with Crippen LogP contribution in [0, 0.1) is 0 Å². The second-order valence-corrected chi connectivity index (χ2v) is 8.76. The molecule has 0 atom stereocenters. The average molecular weight is 474 g/mol. The summed E-state index contributed by atoms with van der Waals surface area (Å²) >= 11 is 1.44. The Kier molecular flexibility index (Phi) is 7.50. The fraction of sp³-hybridized carbons (Fsp3) is 0.179. The summed E-state index contributed by atoms with van der Waals surface area (Å²) in [6, 6.07) is 27.7. The monoisotopic (exact) mass is 473 g/mol. The predicted molar refractivity (Wildman–Crippen MR) is 136 cm³/mol. The first-order valence-electron chi connectivity index (χ1n) is 10.9. The number of hydrogen-bond acceptors (Lipinski definition) is 5. The zero-order chi connectivity index (χ0) is 23.9. The summed E-state index contributed by atoms with van der Waals surface area (Å²) in [4.78, 5) is 17.1. The molecule has 5 nitrogen and oxygen atoms in total. The van der Waals surface area contributed by atoms with Crippen molar-refractivity contribution in [2.24, 2.45) is 0 Å². The maximum atomic E-state index is 13.6. The number of rotatable bonds is 9. The van der Waals surface area contributed by atoms with Crippen LogP contribution >= 0.6 is 11.3 Å². The van der Waals surface area contributed by atoms with Crippen molar-refractivity contribution in [3.63, 3.8) is 0 Å². The summed E-state index contributed by atoms with van der Waals surface area (Å²) in [7, 11) is 4.77. The summed E-state index contributed by atoms with van der Waals surface area (Å²) in [5.41, 5.74) is 3.03. The van der Waals surface area contributed by atoms with Gasteiger partial charge in [0, 0.05) is 23.5 Å². The lowest BCUT2D eigenvalue weighted by molar-refractivity contribution is 0.0735. The molecule has 174 valence electrons. The van der Waals surface area contributed by atoms with Crippen LogP contribution in [0.4, 0.5) is 0 Å². The van der Waals surface area contributed by atoms with Crippen LogP contribution in [0.5, 0.6) is 17.2 Å². The summed E-state index contributed by atoms with van der Waals surface area (Å²) in [5, 5.41) is 0. The Balaban J connectivity index is 1.66. The molecule has 0 aliphatic rings. The van der Waals surface area contributed by atoms with Gasteiger partial charge in [-0.05, 0) is 35.4 Å². The highest BCUT2D eigenvalue weighted by atomic mass is 32.1. The normalized spacial score (nSPS) is 10.6. The first-order chi connectivity index (χ1) is 16.6. The van der Waals surface area contributed by atoms with Gasteiger partial charge in [0.25, 0.3) is 5.91 Å². The number of amides is 1. The van der Waals surface area contributed by atoms with E-state index in [1.165, 1.54) is 11.3 Å². The Morgan fingerprint density at radius 3 is 1.82 bits per heavy atom. The van der Waals surface area contributed by atoms with Crippen LogP contribution in [-0.4, -0.2) is 32.1 Å². The van der Waals surface area contributed by atoms with E-state index < -0.39 is 0 Å². The summed E-state index contributed by atoms with van der Waals surface area (Å²) in [6.07, 6.45) is 0. The Labute approximate surface area is 204 Å². The molecule has 0 saturated carbocycles. The Morgan fingerprint density at radius 2 is 1.29 bits per heavy atom. The molecule has 1 amide bonds. The Bertz CT molecular complexity index is 1200. The Morgan fingerprint density at radius 1 is 0.706 bits per heavy atom. The maximum absolute atomic E-state index is 13.6. The van der Waals surface area contributed by atoms with E-state index in [2.05, 4.69) is 0 Å². The van der Waals surface area contributed by atoms with Crippen molar-refractivity contribution in [2.45, 2.75) is 13.1 Å². The number of hydrogen-bond donors (Lipinski definition) is 0. The van der Waals surface area contributed by atoms with Crippen molar-refractivity contribution in [3.8, 4) is 27.7 Å². The molecule has 0 fully saturated rings. The minimum atomic E-state index is -0.0107. The molecular weight excluding hydrogens is 446 g/mol. The second-order valence-electron chi connectivity index (χ2n) is 7.68. The molecule has 4 aromatic rings. The van der Waals surface area contributed by atoms with Crippen LogP contribution in [0.3, 0.4) is 0 Å². The fourth-order valence-electron chi connectivity index (χ4n) is 3.86. The van der Waals surface area contributed by atoms with E-state index >= 15 is 0 Å². The molecule has 1 aromatic heterocycles. The topological polar surface area (TPSA) is 48.0 Å².